The number of carboxylic acid groups (broad SMARTS) is 1. The second kappa shape index (κ2) is 7.11. The van der Waals surface area contributed by atoms with Gasteiger partial charge in [0, 0.05) is 11.6 Å². The first-order valence-electron chi connectivity index (χ1n) is 8.46. The first-order chi connectivity index (χ1) is 11.6. The number of aliphatic carboxylic acids is 1. The summed E-state index contributed by atoms with van der Waals surface area (Å²) in [6.07, 6.45) is 6.35. The van der Waals surface area contributed by atoms with Crippen molar-refractivity contribution in [2.24, 2.45) is 0 Å². The number of hydrogen-bond donors (Lipinski definition) is 1. The summed E-state index contributed by atoms with van der Waals surface area (Å²) >= 11 is 0. The molecule has 1 aromatic rings. The topological polar surface area (TPSA) is 76.1 Å². The molecule has 1 aromatic carbocycles. The van der Waals surface area contributed by atoms with Crippen LogP contribution >= 0.6 is 0 Å². The van der Waals surface area contributed by atoms with E-state index in [1.54, 1.807) is 25.3 Å². The molecule has 2 saturated carbocycles. The molecule has 2 fully saturated rings. The van der Waals surface area contributed by atoms with Crippen LogP contribution in [0.3, 0.4) is 0 Å². The molecule has 6 heteroatoms. The van der Waals surface area contributed by atoms with Gasteiger partial charge in [0.1, 0.15) is 6.54 Å². The second-order valence-corrected chi connectivity index (χ2v) is 6.45. The van der Waals surface area contributed by atoms with Crippen LogP contribution in [0.1, 0.15) is 48.9 Å². The van der Waals surface area contributed by atoms with Crippen molar-refractivity contribution in [1.29, 1.82) is 0 Å². The Balaban J connectivity index is 1.77. The Morgan fingerprint density at radius 1 is 1.17 bits per heavy atom. The van der Waals surface area contributed by atoms with Gasteiger partial charge in [-0.1, -0.05) is 0 Å². The summed E-state index contributed by atoms with van der Waals surface area (Å²) in [7, 11) is 1.54. The number of carbonyl (C=O) groups excluding carboxylic acids is 1. The Morgan fingerprint density at radius 3 is 2.46 bits per heavy atom. The number of methoxy groups -OCH3 is 1. The SMILES string of the molecule is COc1cc(C(=O)N(CC(=O)O)C2CC2)ccc1OC1CCCC1. The Morgan fingerprint density at radius 2 is 1.88 bits per heavy atom. The lowest BCUT2D eigenvalue weighted by molar-refractivity contribution is -0.137. The van der Waals surface area contributed by atoms with Crippen molar-refractivity contribution in [1.82, 2.24) is 4.90 Å². The fourth-order valence-corrected chi connectivity index (χ4v) is 3.15. The third-order valence-electron chi connectivity index (χ3n) is 4.56. The van der Waals surface area contributed by atoms with E-state index >= 15 is 0 Å². The molecule has 0 atom stereocenters. The van der Waals surface area contributed by atoms with Gasteiger partial charge in [0.2, 0.25) is 0 Å². The second-order valence-electron chi connectivity index (χ2n) is 6.45. The maximum atomic E-state index is 12.7. The predicted octanol–water partition coefficient (Wildman–Crippen LogP) is 2.71. The molecule has 0 aliphatic heterocycles. The van der Waals surface area contributed by atoms with Crippen molar-refractivity contribution in [3.05, 3.63) is 23.8 Å². The molecular weight excluding hydrogens is 310 g/mol. The number of carbonyl (C=O) groups is 2. The number of nitrogens with zero attached hydrogens (tertiary/aromatic N) is 1. The van der Waals surface area contributed by atoms with Gasteiger partial charge < -0.3 is 19.5 Å². The third-order valence-corrected chi connectivity index (χ3v) is 4.56. The van der Waals surface area contributed by atoms with Crippen LogP contribution in [0, 0.1) is 0 Å². The van der Waals surface area contributed by atoms with E-state index in [1.165, 1.54) is 17.7 Å². The van der Waals surface area contributed by atoms with Crippen LogP contribution < -0.4 is 9.47 Å². The van der Waals surface area contributed by atoms with Crippen LogP contribution in [0.5, 0.6) is 11.5 Å². The number of ether oxygens (including phenoxy) is 2. The van der Waals surface area contributed by atoms with Crippen molar-refractivity contribution < 1.29 is 24.2 Å². The molecule has 1 amide bonds. The van der Waals surface area contributed by atoms with Crippen molar-refractivity contribution in [3.63, 3.8) is 0 Å². The Kier molecular flexibility index (Phi) is 4.92. The van der Waals surface area contributed by atoms with E-state index in [-0.39, 0.29) is 24.6 Å². The fraction of sp³-hybridized carbons (Fsp3) is 0.556. The van der Waals surface area contributed by atoms with Crippen molar-refractivity contribution >= 4 is 11.9 Å². The summed E-state index contributed by atoms with van der Waals surface area (Å²) in [5.74, 6) is -0.120. The molecule has 0 aromatic heterocycles. The number of carboxylic acids is 1. The third kappa shape index (κ3) is 3.80. The number of hydrogen-bond acceptors (Lipinski definition) is 4. The van der Waals surface area contributed by atoms with Gasteiger partial charge in [0.25, 0.3) is 5.91 Å². The molecule has 3 rings (SSSR count). The Bertz CT molecular complexity index is 620. The molecule has 0 spiro atoms. The first kappa shape index (κ1) is 16.6. The van der Waals surface area contributed by atoms with Gasteiger partial charge in [0.15, 0.2) is 11.5 Å². The van der Waals surface area contributed by atoms with E-state index in [0.29, 0.717) is 17.1 Å². The molecule has 130 valence electrons. The maximum absolute atomic E-state index is 12.7. The highest BCUT2D eigenvalue weighted by Crippen LogP contribution is 2.34. The summed E-state index contributed by atoms with van der Waals surface area (Å²) in [5.41, 5.74) is 0.429. The maximum Gasteiger partial charge on any atom is 0.323 e. The van der Waals surface area contributed by atoms with Crippen LogP contribution in [-0.2, 0) is 4.79 Å². The smallest absolute Gasteiger partial charge is 0.323 e. The van der Waals surface area contributed by atoms with E-state index in [2.05, 4.69) is 0 Å². The normalized spacial score (nSPS) is 17.5. The largest absolute Gasteiger partial charge is 0.493 e. The minimum atomic E-state index is -0.997. The molecule has 0 bridgehead atoms. The van der Waals surface area contributed by atoms with Crippen LogP contribution in [-0.4, -0.2) is 47.7 Å². The van der Waals surface area contributed by atoms with E-state index in [4.69, 9.17) is 14.6 Å². The van der Waals surface area contributed by atoms with Crippen molar-refractivity contribution in [2.75, 3.05) is 13.7 Å². The minimum Gasteiger partial charge on any atom is -0.493 e. The van der Waals surface area contributed by atoms with Gasteiger partial charge in [0.05, 0.1) is 13.2 Å². The summed E-state index contributed by atoms with van der Waals surface area (Å²) in [4.78, 5) is 25.1. The van der Waals surface area contributed by atoms with Gasteiger partial charge >= 0.3 is 5.97 Å². The lowest BCUT2D eigenvalue weighted by Crippen LogP contribution is -2.37. The van der Waals surface area contributed by atoms with Crippen LogP contribution in [0.2, 0.25) is 0 Å². The zero-order chi connectivity index (χ0) is 17.1. The predicted molar refractivity (Wildman–Crippen MR) is 87.6 cm³/mol. The van der Waals surface area contributed by atoms with Crippen LogP contribution in [0.25, 0.3) is 0 Å². The van der Waals surface area contributed by atoms with Gasteiger partial charge in [-0.3, -0.25) is 9.59 Å². The average Bonchev–Trinajstić information content (AvgIpc) is 3.29. The molecule has 1 N–H and O–H groups in total. The van der Waals surface area contributed by atoms with Crippen LogP contribution in [0.15, 0.2) is 18.2 Å². The Labute approximate surface area is 141 Å². The standard InChI is InChI=1S/C18H23NO5/c1-23-16-10-12(6-9-15(16)24-14-4-2-3-5-14)18(22)19(11-17(20)21)13-7-8-13/h6,9-10,13-14H,2-5,7-8,11H2,1H3,(H,20,21). The molecule has 0 saturated heterocycles. The summed E-state index contributed by atoms with van der Waals surface area (Å²) in [5, 5.41) is 9.02. The zero-order valence-electron chi connectivity index (χ0n) is 13.9. The first-order valence-corrected chi connectivity index (χ1v) is 8.46. The molecule has 2 aliphatic rings. The number of benzene rings is 1. The monoisotopic (exact) mass is 333 g/mol. The van der Waals surface area contributed by atoms with Gasteiger partial charge in [-0.05, 0) is 56.7 Å². The highest BCUT2D eigenvalue weighted by molar-refractivity contribution is 5.96. The average molecular weight is 333 g/mol. The van der Waals surface area contributed by atoms with Gasteiger partial charge in [-0.25, -0.2) is 0 Å². The highest BCUT2D eigenvalue weighted by Gasteiger charge is 2.34. The van der Waals surface area contributed by atoms with E-state index in [1.807, 2.05) is 0 Å². The summed E-state index contributed by atoms with van der Waals surface area (Å²) < 4.78 is 11.3. The molecule has 0 unspecified atom stereocenters. The molecule has 0 heterocycles. The number of rotatable bonds is 7. The van der Waals surface area contributed by atoms with Crippen molar-refractivity contribution in [2.45, 2.75) is 50.7 Å². The Hall–Kier alpha value is -2.24. The molecule has 24 heavy (non-hydrogen) atoms. The fourth-order valence-electron chi connectivity index (χ4n) is 3.15. The van der Waals surface area contributed by atoms with Crippen LogP contribution in [0.4, 0.5) is 0 Å². The van der Waals surface area contributed by atoms with Gasteiger partial charge in [-0.15, -0.1) is 0 Å². The van der Waals surface area contributed by atoms with Crippen molar-refractivity contribution in [3.8, 4) is 11.5 Å². The highest BCUT2D eigenvalue weighted by atomic mass is 16.5. The van der Waals surface area contributed by atoms with E-state index < -0.39 is 5.97 Å². The van der Waals surface area contributed by atoms with E-state index in [9.17, 15) is 9.59 Å². The molecule has 6 nitrogen and oxygen atoms in total. The van der Waals surface area contributed by atoms with E-state index in [0.717, 1.165) is 25.7 Å². The summed E-state index contributed by atoms with van der Waals surface area (Å²) in [6, 6.07) is 5.11. The van der Waals surface area contributed by atoms with Gasteiger partial charge in [-0.2, -0.15) is 0 Å². The molecule has 2 aliphatic carbocycles. The minimum absolute atomic E-state index is 0.0361. The lowest BCUT2D eigenvalue weighted by Gasteiger charge is -2.21. The quantitative estimate of drug-likeness (QED) is 0.830. The molecule has 0 radical (unpaired) electrons. The zero-order valence-corrected chi connectivity index (χ0v) is 13.9. The number of amides is 1. The molecular formula is C18H23NO5. The summed E-state index contributed by atoms with van der Waals surface area (Å²) in [6.45, 7) is -0.272. The lowest BCUT2D eigenvalue weighted by atomic mass is 10.1.